The Bertz CT molecular complexity index is 983. The Labute approximate surface area is 134 Å². The van der Waals surface area contributed by atoms with Crippen molar-refractivity contribution in [2.75, 3.05) is 0 Å². The maximum Gasteiger partial charge on any atom is 0.147 e. The van der Waals surface area contributed by atoms with Crippen molar-refractivity contribution in [3.05, 3.63) is 45.9 Å². The zero-order valence-electron chi connectivity index (χ0n) is 11.9. The van der Waals surface area contributed by atoms with Gasteiger partial charge in [-0.3, -0.25) is 0 Å². The molecule has 0 saturated carbocycles. The van der Waals surface area contributed by atoms with Gasteiger partial charge in [0.15, 0.2) is 0 Å². The number of halogens is 1. The van der Waals surface area contributed by atoms with Gasteiger partial charge in [-0.1, -0.05) is 0 Å². The van der Waals surface area contributed by atoms with Crippen LogP contribution in [0.5, 0.6) is 0 Å². The van der Waals surface area contributed by atoms with Crippen molar-refractivity contribution in [2.45, 2.75) is 13.8 Å². The van der Waals surface area contributed by atoms with E-state index in [0.29, 0.717) is 16.6 Å². The molecular formula is C16H11FN2OS2. The largest absolute Gasteiger partial charge is 0.243 e. The Kier molecular flexibility index (Phi) is 3.09. The smallest absolute Gasteiger partial charge is 0.147 e. The molecule has 0 spiro atoms. The highest BCUT2D eigenvalue weighted by Gasteiger charge is 2.21. The molecule has 0 radical (unpaired) electrons. The van der Waals surface area contributed by atoms with Crippen LogP contribution in [0.4, 0.5) is 4.39 Å². The van der Waals surface area contributed by atoms with Crippen molar-refractivity contribution in [1.82, 2.24) is 10.3 Å². The fraction of sp³-hybridized carbons (Fsp3) is 0.125. The SMILES string of the molecule is Cc1ccc(-c2cc(F)c(-c3ccc(C)s3)c3nonc23)s1. The lowest BCUT2D eigenvalue weighted by molar-refractivity contribution is 0.315. The van der Waals surface area contributed by atoms with Crippen LogP contribution in [0.1, 0.15) is 9.75 Å². The van der Waals surface area contributed by atoms with Gasteiger partial charge in [-0.15, -0.1) is 22.7 Å². The summed E-state index contributed by atoms with van der Waals surface area (Å²) < 4.78 is 19.6. The standard InChI is InChI=1S/C16H11FN2OS2/c1-8-3-5-12(21-8)10-7-11(17)14(13-6-4-9(2)22-13)16-15(10)18-20-19-16/h3-7H,1-2H3. The lowest BCUT2D eigenvalue weighted by Gasteiger charge is -2.04. The van der Waals surface area contributed by atoms with Gasteiger partial charge in [-0.05, 0) is 54.5 Å². The molecule has 0 fully saturated rings. The molecule has 110 valence electrons. The topological polar surface area (TPSA) is 38.9 Å². The highest BCUT2D eigenvalue weighted by molar-refractivity contribution is 7.16. The van der Waals surface area contributed by atoms with Gasteiger partial charge in [0.1, 0.15) is 16.9 Å². The molecule has 0 atom stereocenters. The number of hydrogen-bond donors (Lipinski definition) is 0. The third kappa shape index (κ3) is 2.07. The number of aryl methyl sites for hydroxylation is 2. The molecule has 4 aromatic rings. The van der Waals surface area contributed by atoms with Crippen molar-refractivity contribution in [3.8, 4) is 20.9 Å². The molecular weight excluding hydrogens is 319 g/mol. The van der Waals surface area contributed by atoms with E-state index in [9.17, 15) is 4.39 Å². The summed E-state index contributed by atoms with van der Waals surface area (Å²) in [5.74, 6) is -0.300. The van der Waals surface area contributed by atoms with Gasteiger partial charge >= 0.3 is 0 Å². The summed E-state index contributed by atoms with van der Waals surface area (Å²) in [6.45, 7) is 4.01. The molecule has 6 heteroatoms. The first kappa shape index (κ1) is 13.6. The van der Waals surface area contributed by atoms with E-state index in [4.69, 9.17) is 4.63 Å². The van der Waals surface area contributed by atoms with Crippen molar-refractivity contribution >= 4 is 33.7 Å². The van der Waals surface area contributed by atoms with Crippen LogP contribution in [0.15, 0.2) is 35.0 Å². The fourth-order valence-corrected chi connectivity index (χ4v) is 4.28. The monoisotopic (exact) mass is 330 g/mol. The number of aromatic nitrogens is 2. The molecule has 0 aliphatic rings. The van der Waals surface area contributed by atoms with Crippen LogP contribution in [-0.4, -0.2) is 10.3 Å². The predicted molar refractivity (Wildman–Crippen MR) is 87.9 cm³/mol. The third-order valence-corrected chi connectivity index (χ3v) is 5.54. The van der Waals surface area contributed by atoms with Gasteiger partial charge in [0.25, 0.3) is 0 Å². The van der Waals surface area contributed by atoms with E-state index in [-0.39, 0.29) is 5.82 Å². The van der Waals surface area contributed by atoms with Crippen molar-refractivity contribution in [3.63, 3.8) is 0 Å². The number of rotatable bonds is 2. The molecule has 1 aromatic carbocycles. The highest BCUT2D eigenvalue weighted by Crippen LogP contribution is 2.40. The minimum absolute atomic E-state index is 0.300. The van der Waals surface area contributed by atoms with Crippen LogP contribution in [0.3, 0.4) is 0 Å². The quantitative estimate of drug-likeness (QED) is 0.491. The summed E-state index contributed by atoms with van der Waals surface area (Å²) in [5.41, 5.74) is 2.27. The van der Waals surface area contributed by atoms with Crippen molar-refractivity contribution in [1.29, 1.82) is 0 Å². The lowest BCUT2D eigenvalue weighted by atomic mass is 10.1. The highest BCUT2D eigenvalue weighted by atomic mass is 32.1. The number of thiophene rings is 2. The lowest BCUT2D eigenvalue weighted by Crippen LogP contribution is -1.88. The van der Waals surface area contributed by atoms with Crippen molar-refractivity contribution < 1.29 is 9.02 Å². The summed E-state index contributed by atoms with van der Waals surface area (Å²) in [6, 6.07) is 9.38. The minimum Gasteiger partial charge on any atom is -0.243 e. The van der Waals surface area contributed by atoms with Gasteiger partial charge in [-0.25, -0.2) is 9.02 Å². The van der Waals surface area contributed by atoms with E-state index in [0.717, 1.165) is 25.1 Å². The number of benzene rings is 1. The van der Waals surface area contributed by atoms with Crippen LogP contribution in [0.2, 0.25) is 0 Å². The van der Waals surface area contributed by atoms with Gasteiger partial charge < -0.3 is 0 Å². The molecule has 22 heavy (non-hydrogen) atoms. The van der Waals surface area contributed by atoms with E-state index < -0.39 is 0 Å². The summed E-state index contributed by atoms with van der Waals surface area (Å²) in [7, 11) is 0. The maximum atomic E-state index is 14.7. The number of fused-ring (bicyclic) bond motifs is 1. The average molecular weight is 330 g/mol. The fourth-order valence-electron chi connectivity index (χ4n) is 2.48. The van der Waals surface area contributed by atoms with E-state index in [1.54, 1.807) is 11.3 Å². The van der Waals surface area contributed by atoms with Gasteiger partial charge in [0.05, 0.1) is 5.56 Å². The normalized spacial score (nSPS) is 11.4. The second-order valence-electron chi connectivity index (χ2n) is 5.06. The van der Waals surface area contributed by atoms with Gasteiger partial charge in [0, 0.05) is 25.1 Å². The second kappa shape index (κ2) is 5.00. The predicted octanol–water partition coefficient (Wildman–Crippen LogP) is 5.44. The molecule has 0 saturated heterocycles. The first-order valence-corrected chi connectivity index (χ1v) is 8.35. The Morgan fingerprint density at radius 2 is 1.55 bits per heavy atom. The molecule has 4 rings (SSSR count). The first-order chi connectivity index (χ1) is 10.6. The van der Waals surface area contributed by atoms with E-state index in [1.807, 2.05) is 38.1 Å². The van der Waals surface area contributed by atoms with E-state index in [2.05, 4.69) is 10.3 Å². The number of nitrogens with zero attached hydrogens (tertiary/aromatic N) is 2. The summed E-state index contributed by atoms with van der Waals surface area (Å²) >= 11 is 3.13. The molecule has 3 heterocycles. The van der Waals surface area contributed by atoms with Crippen LogP contribution in [0, 0.1) is 19.7 Å². The average Bonchev–Trinajstić information content (AvgIpc) is 3.19. The zero-order chi connectivity index (χ0) is 15.3. The van der Waals surface area contributed by atoms with E-state index >= 15 is 0 Å². The second-order valence-corrected chi connectivity index (χ2v) is 7.64. The molecule has 0 amide bonds. The zero-order valence-corrected chi connectivity index (χ0v) is 13.5. The van der Waals surface area contributed by atoms with E-state index in [1.165, 1.54) is 17.4 Å². The molecule has 0 aliphatic heterocycles. The van der Waals surface area contributed by atoms with Crippen LogP contribution in [0.25, 0.3) is 31.9 Å². The number of hydrogen-bond acceptors (Lipinski definition) is 5. The summed E-state index contributed by atoms with van der Waals surface area (Å²) in [6.07, 6.45) is 0. The van der Waals surface area contributed by atoms with Crippen LogP contribution < -0.4 is 0 Å². The molecule has 3 aromatic heterocycles. The van der Waals surface area contributed by atoms with Gasteiger partial charge in [-0.2, -0.15) is 0 Å². The Morgan fingerprint density at radius 1 is 0.909 bits per heavy atom. The third-order valence-electron chi connectivity index (χ3n) is 3.48. The molecule has 0 unspecified atom stereocenters. The first-order valence-electron chi connectivity index (χ1n) is 6.72. The molecule has 0 aliphatic carbocycles. The minimum atomic E-state index is -0.300. The van der Waals surface area contributed by atoms with Crippen LogP contribution >= 0.6 is 22.7 Å². The molecule has 3 nitrogen and oxygen atoms in total. The Balaban J connectivity index is 2.02. The van der Waals surface area contributed by atoms with Gasteiger partial charge in [0.2, 0.25) is 0 Å². The van der Waals surface area contributed by atoms with Crippen LogP contribution in [-0.2, 0) is 0 Å². The van der Waals surface area contributed by atoms with Crippen molar-refractivity contribution in [2.24, 2.45) is 0 Å². The maximum absolute atomic E-state index is 14.7. The Hall–Kier alpha value is -2.05. The summed E-state index contributed by atoms with van der Waals surface area (Å²) in [5, 5.41) is 7.94. The molecule has 0 N–H and O–H groups in total. The molecule has 0 bridgehead atoms. The Morgan fingerprint density at radius 3 is 2.18 bits per heavy atom. The summed E-state index contributed by atoms with van der Waals surface area (Å²) in [4.78, 5) is 4.09.